The normalized spacial score (nSPS) is 17.9. The van der Waals surface area contributed by atoms with Gasteiger partial charge in [-0.15, -0.1) is 0 Å². The molecule has 1 unspecified atom stereocenters. The van der Waals surface area contributed by atoms with E-state index in [9.17, 15) is 19.7 Å². The highest BCUT2D eigenvalue weighted by Gasteiger charge is 2.31. The van der Waals surface area contributed by atoms with Gasteiger partial charge in [0.05, 0.1) is 16.4 Å². The zero-order valence-electron chi connectivity index (χ0n) is 13.5. The molecule has 1 saturated heterocycles. The number of nitro benzene ring substituents is 1. The van der Waals surface area contributed by atoms with Crippen LogP contribution in [-0.4, -0.2) is 39.9 Å². The van der Waals surface area contributed by atoms with Gasteiger partial charge in [0, 0.05) is 24.2 Å². The zero-order chi connectivity index (χ0) is 17.3. The smallest absolute Gasteiger partial charge is 0.308 e. The third-order valence-electron chi connectivity index (χ3n) is 4.39. The summed E-state index contributed by atoms with van der Waals surface area (Å²) in [6, 6.07) is 1.64. The topological polar surface area (TPSA) is 101 Å². The highest BCUT2D eigenvalue weighted by Crippen LogP contribution is 2.30. The van der Waals surface area contributed by atoms with Crippen molar-refractivity contribution in [2.75, 3.05) is 13.1 Å². The Morgan fingerprint density at radius 1 is 1.30 bits per heavy atom. The molecule has 1 aliphatic rings. The number of aryl methyl sites for hydroxylation is 2. The Morgan fingerprint density at radius 3 is 2.52 bits per heavy atom. The number of benzene rings is 1. The first-order valence-electron chi connectivity index (χ1n) is 7.51. The van der Waals surface area contributed by atoms with Crippen LogP contribution in [-0.2, 0) is 4.79 Å². The quantitative estimate of drug-likeness (QED) is 0.681. The van der Waals surface area contributed by atoms with Crippen LogP contribution in [0.3, 0.4) is 0 Å². The molecule has 1 atom stereocenters. The minimum Gasteiger partial charge on any atom is -0.481 e. The van der Waals surface area contributed by atoms with Crippen molar-refractivity contribution in [1.29, 1.82) is 0 Å². The number of piperidine rings is 1. The first-order chi connectivity index (χ1) is 10.7. The lowest BCUT2D eigenvalue weighted by Crippen LogP contribution is -2.42. The monoisotopic (exact) mass is 320 g/mol. The van der Waals surface area contributed by atoms with Crippen LogP contribution >= 0.6 is 0 Å². The van der Waals surface area contributed by atoms with Gasteiger partial charge in [0.15, 0.2) is 0 Å². The van der Waals surface area contributed by atoms with E-state index in [1.807, 2.05) is 0 Å². The Balaban J connectivity index is 2.41. The number of amides is 1. The summed E-state index contributed by atoms with van der Waals surface area (Å²) >= 11 is 0. The van der Waals surface area contributed by atoms with E-state index in [1.165, 1.54) is 4.90 Å². The number of likely N-dealkylation sites (tertiary alicyclic amines) is 1. The largest absolute Gasteiger partial charge is 0.481 e. The number of nitro groups is 1. The summed E-state index contributed by atoms with van der Waals surface area (Å²) in [5.74, 6) is -1.81. The maximum atomic E-state index is 12.8. The lowest BCUT2D eigenvalue weighted by molar-refractivity contribution is -0.386. The fourth-order valence-electron chi connectivity index (χ4n) is 3.31. The lowest BCUT2D eigenvalue weighted by Gasteiger charge is -2.31. The van der Waals surface area contributed by atoms with Crippen molar-refractivity contribution >= 4 is 17.6 Å². The molecule has 1 aromatic carbocycles. The fourth-order valence-corrected chi connectivity index (χ4v) is 3.31. The second-order valence-corrected chi connectivity index (χ2v) is 6.04. The van der Waals surface area contributed by atoms with Gasteiger partial charge >= 0.3 is 5.97 Å². The van der Waals surface area contributed by atoms with Crippen LogP contribution in [0.2, 0.25) is 0 Å². The molecule has 7 heteroatoms. The molecule has 0 bridgehead atoms. The van der Waals surface area contributed by atoms with E-state index in [0.29, 0.717) is 41.6 Å². The van der Waals surface area contributed by atoms with Gasteiger partial charge in [-0.05, 0) is 45.2 Å². The van der Waals surface area contributed by atoms with E-state index >= 15 is 0 Å². The van der Waals surface area contributed by atoms with Gasteiger partial charge in [-0.3, -0.25) is 19.7 Å². The Morgan fingerprint density at radius 2 is 1.96 bits per heavy atom. The summed E-state index contributed by atoms with van der Waals surface area (Å²) in [5, 5.41) is 20.4. The van der Waals surface area contributed by atoms with Crippen LogP contribution in [0.15, 0.2) is 6.07 Å². The van der Waals surface area contributed by atoms with Crippen LogP contribution in [0.4, 0.5) is 5.69 Å². The molecule has 124 valence electrons. The summed E-state index contributed by atoms with van der Waals surface area (Å²) in [4.78, 5) is 36.2. The molecule has 2 rings (SSSR count). The molecule has 7 nitrogen and oxygen atoms in total. The van der Waals surface area contributed by atoms with Gasteiger partial charge in [0.25, 0.3) is 11.6 Å². The summed E-state index contributed by atoms with van der Waals surface area (Å²) in [5.41, 5.74) is 1.80. The van der Waals surface area contributed by atoms with E-state index in [0.717, 1.165) is 0 Å². The van der Waals surface area contributed by atoms with Gasteiger partial charge in [0.1, 0.15) is 0 Å². The van der Waals surface area contributed by atoms with Crippen LogP contribution < -0.4 is 0 Å². The molecule has 0 aliphatic carbocycles. The van der Waals surface area contributed by atoms with Gasteiger partial charge in [0.2, 0.25) is 0 Å². The highest BCUT2D eigenvalue weighted by molar-refractivity contribution is 5.98. The molecular weight excluding hydrogens is 300 g/mol. The summed E-state index contributed by atoms with van der Waals surface area (Å²) in [6.45, 7) is 5.59. The molecule has 1 amide bonds. The molecule has 1 aliphatic heterocycles. The average Bonchev–Trinajstić information content (AvgIpc) is 2.46. The van der Waals surface area contributed by atoms with Crippen molar-refractivity contribution in [2.45, 2.75) is 33.6 Å². The van der Waals surface area contributed by atoms with Gasteiger partial charge in [-0.2, -0.15) is 0 Å². The molecule has 0 saturated carbocycles. The summed E-state index contributed by atoms with van der Waals surface area (Å²) in [6.07, 6.45) is 1.17. The molecule has 0 spiro atoms. The molecule has 1 heterocycles. The molecule has 0 radical (unpaired) electrons. The number of carboxylic acids is 1. The second-order valence-electron chi connectivity index (χ2n) is 6.04. The maximum Gasteiger partial charge on any atom is 0.308 e. The molecule has 1 aromatic rings. The standard InChI is InChI=1S/C16H20N2O5/c1-9-7-10(2)14(18(22)23)11(3)13(9)15(19)17-6-4-5-12(8-17)16(20)21/h7,12H,4-6,8H2,1-3H3,(H,20,21). The van der Waals surface area contributed by atoms with Crippen LogP contribution in [0.1, 0.15) is 39.9 Å². The molecule has 0 aromatic heterocycles. The van der Waals surface area contributed by atoms with Crippen LogP contribution in [0.5, 0.6) is 0 Å². The third-order valence-corrected chi connectivity index (χ3v) is 4.39. The third kappa shape index (κ3) is 3.18. The van der Waals surface area contributed by atoms with E-state index in [4.69, 9.17) is 5.11 Å². The Bertz CT molecular complexity index is 684. The Labute approximate surface area is 134 Å². The van der Waals surface area contributed by atoms with Gasteiger partial charge < -0.3 is 10.0 Å². The number of hydrogen-bond acceptors (Lipinski definition) is 4. The number of rotatable bonds is 3. The van der Waals surface area contributed by atoms with Gasteiger partial charge in [-0.1, -0.05) is 0 Å². The number of nitrogens with zero attached hydrogens (tertiary/aromatic N) is 2. The SMILES string of the molecule is Cc1cc(C)c([N+](=O)[O-])c(C)c1C(=O)N1CCCC(C(=O)O)C1. The van der Waals surface area contributed by atoms with Crippen molar-refractivity contribution < 1.29 is 19.6 Å². The molecule has 1 N–H and O–H groups in total. The Kier molecular flexibility index (Phi) is 4.68. The number of carbonyl (C=O) groups excluding carboxylic acids is 1. The van der Waals surface area contributed by atoms with Crippen molar-refractivity contribution in [3.63, 3.8) is 0 Å². The van der Waals surface area contributed by atoms with Crippen molar-refractivity contribution in [3.05, 3.63) is 38.4 Å². The van der Waals surface area contributed by atoms with Crippen molar-refractivity contribution in [3.8, 4) is 0 Å². The number of hydrogen-bond donors (Lipinski definition) is 1. The van der Waals surface area contributed by atoms with Crippen molar-refractivity contribution in [1.82, 2.24) is 4.90 Å². The summed E-state index contributed by atoms with van der Waals surface area (Å²) in [7, 11) is 0. The minimum atomic E-state index is -0.911. The predicted octanol–water partition coefficient (Wildman–Crippen LogP) is 2.46. The Hall–Kier alpha value is -2.44. The molecule has 23 heavy (non-hydrogen) atoms. The molecule has 1 fully saturated rings. The number of carboxylic acid groups (broad SMARTS) is 1. The fraction of sp³-hybridized carbons (Fsp3) is 0.500. The highest BCUT2D eigenvalue weighted by atomic mass is 16.6. The minimum absolute atomic E-state index is 0.0502. The lowest BCUT2D eigenvalue weighted by atomic mass is 9.93. The summed E-state index contributed by atoms with van der Waals surface area (Å²) < 4.78 is 0. The average molecular weight is 320 g/mol. The second kappa shape index (κ2) is 6.36. The predicted molar refractivity (Wildman–Crippen MR) is 83.6 cm³/mol. The van der Waals surface area contributed by atoms with E-state index in [-0.39, 0.29) is 18.1 Å². The van der Waals surface area contributed by atoms with E-state index in [1.54, 1.807) is 26.8 Å². The first kappa shape index (κ1) is 16.9. The number of carbonyl (C=O) groups is 2. The van der Waals surface area contributed by atoms with E-state index in [2.05, 4.69) is 0 Å². The molecular formula is C16H20N2O5. The maximum absolute atomic E-state index is 12.8. The van der Waals surface area contributed by atoms with Crippen LogP contribution in [0, 0.1) is 36.8 Å². The zero-order valence-corrected chi connectivity index (χ0v) is 13.5. The van der Waals surface area contributed by atoms with Crippen LogP contribution in [0.25, 0.3) is 0 Å². The number of aliphatic carboxylic acids is 1. The van der Waals surface area contributed by atoms with Crippen molar-refractivity contribution in [2.24, 2.45) is 5.92 Å². The first-order valence-corrected chi connectivity index (χ1v) is 7.51. The van der Waals surface area contributed by atoms with E-state index < -0.39 is 16.8 Å². The van der Waals surface area contributed by atoms with Gasteiger partial charge in [-0.25, -0.2) is 0 Å².